The van der Waals surface area contributed by atoms with Gasteiger partial charge in [0.1, 0.15) is 5.75 Å². The predicted molar refractivity (Wildman–Crippen MR) is 68.0 cm³/mol. The predicted octanol–water partition coefficient (Wildman–Crippen LogP) is 2.59. The minimum atomic E-state index is 0.474. The van der Waals surface area contributed by atoms with Crippen molar-refractivity contribution in [1.82, 2.24) is 5.32 Å². The maximum atomic E-state index is 5.53. The lowest BCUT2D eigenvalue weighted by atomic mass is 10.1. The van der Waals surface area contributed by atoms with Crippen LogP contribution < -0.4 is 10.1 Å². The van der Waals surface area contributed by atoms with Crippen molar-refractivity contribution >= 4 is 11.8 Å². The van der Waals surface area contributed by atoms with E-state index < -0.39 is 0 Å². The number of hydrogen-bond acceptors (Lipinski definition) is 3. The molecule has 2 unspecified atom stereocenters. The first-order valence-electron chi connectivity index (χ1n) is 5.93. The van der Waals surface area contributed by atoms with Crippen molar-refractivity contribution in [2.24, 2.45) is 5.92 Å². The topological polar surface area (TPSA) is 21.3 Å². The van der Waals surface area contributed by atoms with E-state index in [-0.39, 0.29) is 0 Å². The normalized spacial score (nSPS) is 28.6. The molecule has 0 aliphatic carbocycles. The molecule has 0 amide bonds. The molecular weight excluding hydrogens is 218 g/mol. The van der Waals surface area contributed by atoms with Crippen LogP contribution in [0.15, 0.2) is 18.2 Å². The van der Waals surface area contributed by atoms with Crippen molar-refractivity contribution < 1.29 is 4.74 Å². The summed E-state index contributed by atoms with van der Waals surface area (Å²) in [6.45, 7) is 4.28. The Hall–Kier alpha value is -0.670. The van der Waals surface area contributed by atoms with Crippen LogP contribution in [0.5, 0.6) is 5.75 Å². The fraction of sp³-hybridized carbons (Fsp3) is 0.538. The number of ether oxygens (including phenoxy) is 1. The summed E-state index contributed by atoms with van der Waals surface area (Å²) in [6.07, 6.45) is 1.07. The van der Waals surface area contributed by atoms with Crippen LogP contribution in [-0.4, -0.2) is 18.9 Å². The maximum Gasteiger partial charge on any atom is 0.122 e. The van der Waals surface area contributed by atoms with Gasteiger partial charge in [-0.25, -0.2) is 0 Å². The first-order valence-corrected chi connectivity index (χ1v) is 6.98. The molecule has 1 fully saturated rings. The third-order valence-corrected chi connectivity index (χ3v) is 4.75. The summed E-state index contributed by atoms with van der Waals surface area (Å²) in [5.74, 6) is 3.13. The molecule has 1 aromatic carbocycles. The molecule has 2 heterocycles. The van der Waals surface area contributed by atoms with E-state index >= 15 is 0 Å². The van der Waals surface area contributed by atoms with E-state index in [4.69, 9.17) is 4.74 Å². The van der Waals surface area contributed by atoms with Crippen LogP contribution in [0.1, 0.15) is 23.4 Å². The quantitative estimate of drug-likeness (QED) is 0.808. The second-order valence-electron chi connectivity index (χ2n) is 4.69. The van der Waals surface area contributed by atoms with Crippen LogP contribution in [0.2, 0.25) is 0 Å². The molecular formula is C13H17NOS. The van der Waals surface area contributed by atoms with E-state index in [2.05, 4.69) is 30.4 Å². The summed E-state index contributed by atoms with van der Waals surface area (Å²) in [5.41, 5.74) is 2.78. The van der Waals surface area contributed by atoms with E-state index in [1.165, 1.54) is 16.9 Å². The SMILES string of the molecule is CC1CNC(c2ccc3c(c2)CCO3)SC1. The molecule has 0 bridgehead atoms. The Balaban J connectivity index is 1.79. The molecule has 0 spiro atoms. The van der Waals surface area contributed by atoms with Gasteiger partial charge >= 0.3 is 0 Å². The van der Waals surface area contributed by atoms with Crippen molar-refractivity contribution in [3.05, 3.63) is 29.3 Å². The Labute approximate surface area is 101 Å². The zero-order chi connectivity index (χ0) is 11.0. The molecule has 2 nitrogen and oxygen atoms in total. The second kappa shape index (κ2) is 4.30. The van der Waals surface area contributed by atoms with Crippen molar-refractivity contribution in [2.45, 2.75) is 18.7 Å². The third-order valence-electron chi connectivity index (χ3n) is 3.22. The van der Waals surface area contributed by atoms with Crippen LogP contribution in [-0.2, 0) is 6.42 Å². The summed E-state index contributed by atoms with van der Waals surface area (Å²) >= 11 is 2.02. The lowest BCUT2D eigenvalue weighted by molar-refractivity contribution is 0.357. The number of hydrogen-bond donors (Lipinski definition) is 1. The smallest absolute Gasteiger partial charge is 0.122 e. The molecule has 1 saturated heterocycles. The van der Waals surface area contributed by atoms with Crippen molar-refractivity contribution in [1.29, 1.82) is 0 Å². The average Bonchev–Trinajstić information content (AvgIpc) is 2.77. The van der Waals surface area contributed by atoms with Gasteiger partial charge in [-0.05, 0) is 41.5 Å². The number of benzene rings is 1. The highest BCUT2D eigenvalue weighted by molar-refractivity contribution is 7.99. The minimum Gasteiger partial charge on any atom is -0.493 e. The Morgan fingerprint density at radius 2 is 2.38 bits per heavy atom. The molecule has 2 atom stereocenters. The van der Waals surface area contributed by atoms with E-state index in [9.17, 15) is 0 Å². The van der Waals surface area contributed by atoms with Crippen molar-refractivity contribution in [3.63, 3.8) is 0 Å². The highest BCUT2D eigenvalue weighted by Crippen LogP contribution is 2.35. The highest BCUT2D eigenvalue weighted by atomic mass is 32.2. The second-order valence-corrected chi connectivity index (χ2v) is 5.83. The third kappa shape index (κ3) is 1.94. The molecule has 2 aliphatic heterocycles. The molecule has 3 heteroatoms. The van der Waals surface area contributed by atoms with E-state index in [1.54, 1.807) is 0 Å². The molecule has 3 rings (SSSR count). The van der Waals surface area contributed by atoms with Gasteiger partial charge in [-0.2, -0.15) is 0 Å². The monoisotopic (exact) mass is 235 g/mol. The molecule has 86 valence electrons. The van der Waals surface area contributed by atoms with Gasteiger partial charge in [-0.15, -0.1) is 11.8 Å². The summed E-state index contributed by atoms with van der Waals surface area (Å²) in [6, 6.07) is 6.63. The largest absolute Gasteiger partial charge is 0.493 e. The molecule has 1 aromatic rings. The van der Waals surface area contributed by atoms with Gasteiger partial charge in [0.05, 0.1) is 12.0 Å². The van der Waals surface area contributed by atoms with Crippen molar-refractivity contribution in [2.75, 3.05) is 18.9 Å². The molecule has 1 N–H and O–H groups in total. The fourth-order valence-corrected chi connectivity index (χ4v) is 3.46. The van der Waals surface area contributed by atoms with Crippen molar-refractivity contribution in [3.8, 4) is 5.75 Å². The first-order chi connectivity index (χ1) is 7.83. The van der Waals surface area contributed by atoms with Crippen LogP contribution in [0.4, 0.5) is 0 Å². The first kappa shape index (κ1) is 10.5. The number of rotatable bonds is 1. The zero-order valence-electron chi connectivity index (χ0n) is 9.53. The van der Waals surface area contributed by atoms with Gasteiger partial charge in [0.2, 0.25) is 0 Å². The molecule has 2 aliphatic rings. The molecule has 0 saturated carbocycles. The molecule has 16 heavy (non-hydrogen) atoms. The summed E-state index contributed by atoms with van der Waals surface area (Å²) in [7, 11) is 0. The highest BCUT2D eigenvalue weighted by Gasteiger charge is 2.21. The Morgan fingerprint density at radius 3 is 3.19 bits per heavy atom. The Bertz CT molecular complexity index is 386. The lowest BCUT2D eigenvalue weighted by Gasteiger charge is -2.27. The molecule has 0 aromatic heterocycles. The fourth-order valence-electron chi connectivity index (χ4n) is 2.27. The van der Waals surface area contributed by atoms with Crippen LogP contribution in [0, 0.1) is 5.92 Å². The maximum absolute atomic E-state index is 5.53. The van der Waals surface area contributed by atoms with Crippen LogP contribution in [0.3, 0.4) is 0 Å². The van der Waals surface area contributed by atoms with Gasteiger partial charge in [0, 0.05) is 6.42 Å². The van der Waals surface area contributed by atoms with E-state index in [0.717, 1.165) is 31.2 Å². The number of thioether (sulfide) groups is 1. The van der Waals surface area contributed by atoms with Crippen LogP contribution in [0.25, 0.3) is 0 Å². The lowest BCUT2D eigenvalue weighted by Crippen LogP contribution is -2.31. The van der Waals surface area contributed by atoms with Gasteiger partial charge in [0.15, 0.2) is 0 Å². The Kier molecular flexibility index (Phi) is 2.82. The van der Waals surface area contributed by atoms with Gasteiger partial charge in [-0.1, -0.05) is 13.0 Å². The average molecular weight is 235 g/mol. The standard InChI is InChI=1S/C13H17NOS/c1-9-7-14-13(16-8-9)11-2-3-12-10(6-11)4-5-15-12/h2-3,6,9,13-14H,4-5,7-8H2,1H3. The Morgan fingerprint density at radius 1 is 1.44 bits per heavy atom. The number of nitrogens with one attached hydrogen (secondary N) is 1. The summed E-state index contributed by atoms with van der Waals surface area (Å²) in [4.78, 5) is 0. The summed E-state index contributed by atoms with van der Waals surface area (Å²) < 4.78 is 5.53. The van der Waals surface area contributed by atoms with Gasteiger partial charge in [-0.3, -0.25) is 0 Å². The van der Waals surface area contributed by atoms with E-state index in [1.807, 2.05) is 11.8 Å². The number of fused-ring (bicyclic) bond motifs is 1. The van der Waals surface area contributed by atoms with E-state index in [0.29, 0.717) is 5.37 Å². The minimum absolute atomic E-state index is 0.474. The van der Waals surface area contributed by atoms with Gasteiger partial charge in [0.25, 0.3) is 0 Å². The van der Waals surface area contributed by atoms with Crippen LogP contribution >= 0.6 is 11.8 Å². The molecule has 0 radical (unpaired) electrons. The zero-order valence-corrected chi connectivity index (χ0v) is 10.3. The van der Waals surface area contributed by atoms with Gasteiger partial charge < -0.3 is 10.1 Å². The summed E-state index contributed by atoms with van der Waals surface area (Å²) in [5, 5.41) is 4.07.